The van der Waals surface area contributed by atoms with Gasteiger partial charge in [-0.3, -0.25) is 4.90 Å². The molecule has 0 amide bonds. The number of likely N-dealkylation sites (tertiary alicyclic amines) is 1. The molecule has 2 fully saturated rings. The van der Waals surface area contributed by atoms with Gasteiger partial charge >= 0.3 is 0 Å². The van der Waals surface area contributed by atoms with Crippen molar-refractivity contribution in [3.63, 3.8) is 0 Å². The van der Waals surface area contributed by atoms with Gasteiger partial charge in [0.1, 0.15) is 12.4 Å². The zero-order valence-corrected chi connectivity index (χ0v) is 21.1. The molecular formula is C30H34ClN3O. The van der Waals surface area contributed by atoms with Crippen LogP contribution in [0.4, 0.5) is 17.1 Å². The lowest BCUT2D eigenvalue weighted by atomic mass is 10.1. The molecule has 3 aliphatic rings. The zero-order valence-electron chi connectivity index (χ0n) is 20.3. The molecule has 0 spiro atoms. The summed E-state index contributed by atoms with van der Waals surface area (Å²) in [5.41, 5.74) is 6.35. The van der Waals surface area contributed by atoms with Crippen molar-refractivity contribution in [2.24, 2.45) is 0 Å². The number of fused-ring (bicyclic) bond motifs is 2. The van der Waals surface area contributed by atoms with Gasteiger partial charge in [-0.25, -0.2) is 0 Å². The lowest BCUT2D eigenvalue weighted by molar-refractivity contribution is 0.261. The predicted molar refractivity (Wildman–Crippen MR) is 145 cm³/mol. The molecule has 3 heterocycles. The van der Waals surface area contributed by atoms with Crippen molar-refractivity contribution in [2.75, 3.05) is 42.5 Å². The first-order valence-electron chi connectivity index (χ1n) is 13.1. The number of anilines is 3. The van der Waals surface area contributed by atoms with E-state index in [1.807, 2.05) is 6.07 Å². The van der Waals surface area contributed by atoms with Gasteiger partial charge in [-0.2, -0.15) is 0 Å². The lowest BCUT2D eigenvalue weighted by Crippen LogP contribution is -2.39. The fraction of sp³-hybridized carbons (Fsp3) is 0.400. The molecule has 5 heteroatoms. The molecule has 0 aliphatic carbocycles. The maximum atomic E-state index is 6.46. The fourth-order valence-electron chi connectivity index (χ4n) is 5.96. The van der Waals surface area contributed by atoms with Crippen molar-refractivity contribution in [1.29, 1.82) is 0 Å². The lowest BCUT2D eigenvalue weighted by Gasteiger charge is -2.33. The summed E-state index contributed by atoms with van der Waals surface area (Å²) >= 11 is 6.46. The van der Waals surface area contributed by atoms with E-state index in [2.05, 4.69) is 75.4 Å². The van der Waals surface area contributed by atoms with Crippen molar-refractivity contribution in [3.05, 3.63) is 82.9 Å². The quantitative estimate of drug-likeness (QED) is 0.386. The van der Waals surface area contributed by atoms with Crippen LogP contribution >= 0.6 is 11.6 Å². The Morgan fingerprint density at radius 2 is 1.74 bits per heavy atom. The summed E-state index contributed by atoms with van der Waals surface area (Å²) in [5.74, 6) is 0.947. The van der Waals surface area contributed by atoms with Crippen molar-refractivity contribution in [3.8, 4) is 5.75 Å². The van der Waals surface area contributed by atoms with Gasteiger partial charge < -0.3 is 14.5 Å². The molecule has 0 N–H and O–H groups in total. The van der Waals surface area contributed by atoms with E-state index in [9.17, 15) is 0 Å². The van der Waals surface area contributed by atoms with Crippen LogP contribution in [0.15, 0.2) is 66.7 Å². The average Bonchev–Trinajstić information content (AvgIpc) is 3.56. The summed E-state index contributed by atoms with van der Waals surface area (Å²) in [6.07, 6.45) is 6.22. The normalized spacial score (nSPS) is 19.9. The summed E-state index contributed by atoms with van der Waals surface area (Å²) in [4.78, 5) is 7.67. The standard InChI is InChI=1S/C30H34ClN3O/c31-25-13-12-24-22-35-30-11-2-1-10-28(30)34(29(24)20-25)21-27-9-6-17-33(27)18-14-23-7-5-8-26(19-23)32-15-3-4-16-32/h1-2,5,7-8,10-13,19-20,27H,3-4,6,9,14-18,21-22H2/t27-/m1/s1. The first-order chi connectivity index (χ1) is 17.2. The summed E-state index contributed by atoms with van der Waals surface area (Å²) in [6, 6.07) is 24.3. The van der Waals surface area contributed by atoms with Crippen LogP contribution in [0.1, 0.15) is 36.8 Å². The molecule has 1 atom stereocenters. The third-order valence-electron chi connectivity index (χ3n) is 7.84. The molecule has 4 nitrogen and oxygen atoms in total. The highest BCUT2D eigenvalue weighted by Crippen LogP contribution is 2.41. The highest BCUT2D eigenvalue weighted by molar-refractivity contribution is 6.30. The van der Waals surface area contributed by atoms with Crippen molar-refractivity contribution < 1.29 is 4.74 Å². The van der Waals surface area contributed by atoms with Crippen LogP contribution in [0.2, 0.25) is 5.02 Å². The van der Waals surface area contributed by atoms with E-state index in [0.29, 0.717) is 12.6 Å². The van der Waals surface area contributed by atoms with Gasteiger partial charge in [-0.15, -0.1) is 0 Å². The Balaban J connectivity index is 1.20. The molecule has 3 aromatic rings. The number of rotatable bonds is 6. The SMILES string of the molecule is Clc1ccc2c(c1)N(C[C@H]1CCCN1CCc1cccc(N3CCCC3)c1)c1ccccc1OC2. The number of para-hydroxylation sites is 2. The first-order valence-corrected chi connectivity index (χ1v) is 13.5. The molecule has 3 aromatic carbocycles. The van der Waals surface area contributed by atoms with Gasteiger partial charge in [-0.05, 0) is 80.6 Å². The molecule has 0 radical (unpaired) electrons. The molecule has 3 aliphatic heterocycles. The third-order valence-corrected chi connectivity index (χ3v) is 8.07. The summed E-state index contributed by atoms with van der Waals surface area (Å²) < 4.78 is 6.19. The Bertz CT molecular complexity index is 1180. The number of nitrogens with zero attached hydrogens (tertiary/aromatic N) is 3. The van der Waals surface area contributed by atoms with E-state index in [4.69, 9.17) is 16.3 Å². The molecule has 0 aromatic heterocycles. The van der Waals surface area contributed by atoms with Gasteiger partial charge in [0.25, 0.3) is 0 Å². The van der Waals surface area contributed by atoms with Gasteiger partial charge in [-0.1, -0.05) is 41.9 Å². The number of benzene rings is 3. The van der Waals surface area contributed by atoms with E-state index < -0.39 is 0 Å². The van der Waals surface area contributed by atoms with E-state index in [0.717, 1.165) is 36.0 Å². The maximum Gasteiger partial charge on any atom is 0.143 e. The minimum absolute atomic E-state index is 0.509. The first kappa shape index (κ1) is 22.8. The summed E-state index contributed by atoms with van der Waals surface area (Å²) in [5, 5.41) is 0.772. The Labute approximate surface area is 214 Å². The smallest absolute Gasteiger partial charge is 0.143 e. The second-order valence-corrected chi connectivity index (χ2v) is 10.5. The molecule has 2 saturated heterocycles. The topological polar surface area (TPSA) is 19.0 Å². The van der Waals surface area contributed by atoms with Crippen LogP contribution in [0.5, 0.6) is 5.75 Å². The Morgan fingerprint density at radius 3 is 2.66 bits per heavy atom. The van der Waals surface area contributed by atoms with Crippen molar-refractivity contribution in [2.45, 2.75) is 44.8 Å². The predicted octanol–water partition coefficient (Wildman–Crippen LogP) is 6.68. The Kier molecular flexibility index (Phi) is 6.58. The molecule has 0 saturated carbocycles. The van der Waals surface area contributed by atoms with Crippen LogP contribution in [-0.4, -0.2) is 43.7 Å². The largest absolute Gasteiger partial charge is 0.487 e. The molecular weight excluding hydrogens is 454 g/mol. The highest BCUT2D eigenvalue weighted by Gasteiger charge is 2.30. The zero-order chi connectivity index (χ0) is 23.6. The van der Waals surface area contributed by atoms with Gasteiger partial charge in [0.2, 0.25) is 0 Å². The van der Waals surface area contributed by atoms with Crippen LogP contribution in [0.25, 0.3) is 0 Å². The number of ether oxygens (including phenoxy) is 1. The Morgan fingerprint density at radius 1 is 0.857 bits per heavy atom. The fourth-order valence-corrected chi connectivity index (χ4v) is 6.12. The third kappa shape index (κ3) is 4.87. The van der Waals surface area contributed by atoms with Crippen LogP contribution in [0.3, 0.4) is 0 Å². The molecule has 182 valence electrons. The van der Waals surface area contributed by atoms with E-state index in [1.165, 1.54) is 67.8 Å². The molecule has 0 unspecified atom stereocenters. The summed E-state index contributed by atoms with van der Waals surface area (Å²) in [7, 11) is 0. The van der Waals surface area contributed by atoms with Crippen LogP contribution in [-0.2, 0) is 13.0 Å². The number of hydrogen-bond acceptors (Lipinski definition) is 4. The average molecular weight is 488 g/mol. The van der Waals surface area contributed by atoms with E-state index in [-0.39, 0.29) is 0 Å². The minimum Gasteiger partial charge on any atom is -0.487 e. The maximum absolute atomic E-state index is 6.46. The molecule has 35 heavy (non-hydrogen) atoms. The van der Waals surface area contributed by atoms with Gasteiger partial charge in [0.05, 0.1) is 5.69 Å². The highest BCUT2D eigenvalue weighted by atomic mass is 35.5. The minimum atomic E-state index is 0.509. The monoisotopic (exact) mass is 487 g/mol. The number of hydrogen-bond donors (Lipinski definition) is 0. The Hall–Kier alpha value is -2.69. The summed E-state index contributed by atoms with van der Waals surface area (Å²) in [6.45, 7) is 6.19. The van der Waals surface area contributed by atoms with E-state index in [1.54, 1.807) is 0 Å². The van der Waals surface area contributed by atoms with Crippen molar-refractivity contribution in [1.82, 2.24) is 4.90 Å². The van der Waals surface area contributed by atoms with E-state index >= 15 is 0 Å². The van der Waals surface area contributed by atoms with Crippen LogP contribution < -0.4 is 14.5 Å². The molecule has 6 rings (SSSR count). The van der Waals surface area contributed by atoms with Crippen LogP contribution in [0, 0.1) is 0 Å². The van der Waals surface area contributed by atoms with Gasteiger partial charge in [0.15, 0.2) is 0 Å². The van der Waals surface area contributed by atoms with Gasteiger partial charge in [0, 0.05) is 54.2 Å². The second kappa shape index (κ2) is 10.1. The number of halogens is 1. The second-order valence-electron chi connectivity index (χ2n) is 10.1. The molecule has 0 bridgehead atoms. The van der Waals surface area contributed by atoms with Crippen molar-refractivity contribution >= 4 is 28.7 Å².